The Morgan fingerprint density at radius 3 is 1.19 bits per heavy atom. The molecule has 0 saturated heterocycles. The van der Waals surface area contributed by atoms with E-state index < -0.39 is 0 Å². The zero-order valence-electron chi connectivity index (χ0n) is 27.1. The molecular formula is C46H32O2. The molecule has 0 radical (unpaired) electrons. The Kier molecular flexibility index (Phi) is 5.58. The zero-order chi connectivity index (χ0) is 32.1. The molecule has 0 fully saturated rings. The maximum atomic E-state index is 6.15. The van der Waals surface area contributed by atoms with Crippen molar-refractivity contribution in [1.29, 1.82) is 0 Å². The summed E-state index contributed by atoms with van der Waals surface area (Å²) in [6.07, 6.45) is 0. The first kappa shape index (κ1) is 27.3. The normalized spacial score (nSPS) is 12.5. The second kappa shape index (κ2) is 9.82. The molecule has 8 aromatic carbocycles. The van der Waals surface area contributed by atoms with Crippen LogP contribution >= 0.6 is 0 Å². The predicted octanol–water partition coefficient (Wildman–Crippen LogP) is 13.6. The van der Waals surface area contributed by atoms with Crippen LogP contribution in [0, 0.1) is 0 Å². The number of para-hydroxylation sites is 2. The highest BCUT2D eigenvalue weighted by atomic mass is 16.3. The van der Waals surface area contributed by atoms with E-state index in [0.29, 0.717) is 0 Å². The van der Waals surface area contributed by atoms with Gasteiger partial charge in [-0.25, -0.2) is 0 Å². The van der Waals surface area contributed by atoms with Crippen LogP contribution < -0.4 is 0 Å². The second-order valence-electron chi connectivity index (χ2n) is 14.1. The number of benzene rings is 8. The average molecular weight is 617 g/mol. The lowest BCUT2D eigenvalue weighted by molar-refractivity contribution is 0.591. The van der Waals surface area contributed by atoms with Gasteiger partial charge in [0.1, 0.15) is 22.3 Å². The van der Waals surface area contributed by atoms with E-state index in [1.54, 1.807) is 0 Å². The molecule has 48 heavy (non-hydrogen) atoms. The van der Waals surface area contributed by atoms with Gasteiger partial charge in [0, 0.05) is 21.5 Å². The molecule has 0 aliphatic rings. The SMILES string of the molecule is CC(C)(C)c1ccc2c3ccc(-c4ccc5oc6ccccc6c5c4)cc3c3cc(-c4ccc5oc6ccccc6c5c4)ccc3c2c1. The van der Waals surface area contributed by atoms with Crippen molar-refractivity contribution in [2.24, 2.45) is 0 Å². The largest absolute Gasteiger partial charge is 0.456 e. The Hall–Kier alpha value is -5.86. The van der Waals surface area contributed by atoms with Gasteiger partial charge in [0.15, 0.2) is 0 Å². The highest BCUT2D eigenvalue weighted by molar-refractivity contribution is 6.26. The molecule has 0 aliphatic carbocycles. The number of furan rings is 2. The van der Waals surface area contributed by atoms with Gasteiger partial charge in [0.2, 0.25) is 0 Å². The van der Waals surface area contributed by atoms with Crippen LogP contribution in [-0.4, -0.2) is 0 Å². The molecule has 2 aromatic heterocycles. The number of hydrogen-bond acceptors (Lipinski definition) is 2. The van der Waals surface area contributed by atoms with E-state index in [1.165, 1.54) is 60.1 Å². The maximum Gasteiger partial charge on any atom is 0.135 e. The Morgan fingerprint density at radius 2 is 0.688 bits per heavy atom. The summed E-state index contributed by atoms with van der Waals surface area (Å²) < 4.78 is 12.3. The Balaban J connectivity index is 1.24. The monoisotopic (exact) mass is 616 g/mol. The summed E-state index contributed by atoms with van der Waals surface area (Å²) in [7, 11) is 0. The van der Waals surface area contributed by atoms with Crippen LogP contribution in [0.4, 0.5) is 0 Å². The predicted molar refractivity (Wildman–Crippen MR) is 203 cm³/mol. The molecule has 0 N–H and O–H groups in total. The standard InChI is InChI=1S/C46H32O2/c1-46(2,3)31-16-19-33-32-17-12-27(29-14-20-44-40(24-29)35-8-4-6-10-42(35)47-44)22-37(32)38-23-28(13-18-34(38)39(33)26-31)30-15-21-45-41(25-30)36-9-5-7-11-43(36)48-45/h4-26H,1-3H3. The smallest absolute Gasteiger partial charge is 0.135 e. The third kappa shape index (κ3) is 4.06. The Labute approximate surface area is 277 Å². The minimum Gasteiger partial charge on any atom is -0.456 e. The zero-order valence-corrected chi connectivity index (χ0v) is 27.1. The topological polar surface area (TPSA) is 26.3 Å². The molecule has 0 saturated carbocycles. The van der Waals surface area contributed by atoms with Gasteiger partial charge < -0.3 is 8.83 Å². The van der Waals surface area contributed by atoms with E-state index in [4.69, 9.17) is 8.83 Å². The van der Waals surface area contributed by atoms with E-state index >= 15 is 0 Å². The molecule has 0 amide bonds. The second-order valence-corrected chi connectivity index (χ2v) is 14.1. The Bertz CT molecular complexity index is 2930. The molecule has 2 heterocycles. The first-order valence-corrected chi connectivity index (χ1v) is 16.7. The van der Waals surface area contributed by atoms with Gasteiger partial charge in [-0.15, -0.1) is 0 Å². The lowest BCUT2D eigenvalue weighted by Gasteiger charge is -2.21. The maximum absolute atomic E-state index is 6.15. The molecular weight excluding hydrogens is 585 g/mol. The molecule has 2 heteroatoms. The van der Waals surface area contributed by atoms with Crippen molar-refractivity contribution in [2.45, 2.75) is 26.2 Å². The van der Waals surface area contributed by atoms with Crippen LogP contribution in [0.15, 0.2) is 148 Å². The summed E-state index contributed by atoms with van der Waals surface area (Å²) in [6.45, 7) is 6.87. The fourth-order valence-electron chi connectivity index (χ4n) is 7.64. The van der Waals surface area contributed by atoms with Crippen molar-refractivity contribution in [1.82, 2.24) is 0 Å². The Morgan fingerprint density at radius 1 is 0.312 bits per heavy atom. The van der Waals surface area contributed by atoms with E-state index in [0.717, 1.165) is 43.9 Å². The van der Waals surface area contributed by atoms with Crippen LogP contribution in [0.2, 0.25) is 0 Å². The third-order valence-electron chi connectivity index (χ3n) is 10.2. The summed E-state index contributed by atoms with van der Waals surface area (Å²) in [6, 6.07) is 50.7. The fraction of sp³-hybridized carbons (Fsp3) is 0.0870. The van der Waals surface area contributed by atoms with E-state index in [2.05, 4.69) is 136 Å². The number of hydrogen-bond donors (Lipinski definition) is 0. The molecule has 0 bridgehead atoms. The summed E-state index contributed by atoms with van der Waals surface area (Å²) in [5.41, 5.74) is 9.82. The number of rotatable bonds is 2. The number of fused-ring (bicyclic) bond motifs is 12. The minimum absolute atomic E-state index is 0.0535. The van der Waals surface area contributed by atoms with Gasteiger partial charge in [0.25, 0.3) is 0 Å². The lowest BCUT2D eigenvalue weighted by Crippen LogP contribution is -2.10. The first-order chi connectivity index (χ1) is 23.4. The van der Waals surface area contributed by atoms with Crippen LogP contribution in [0.5, 0.6) is 0 Å². The highest BCUT2D eigenvalue weighted by Crippen LogP contribution is 2.42. The van der Waals surface area contributed by atoms with Gasteiger partial charge in [-0.05, 0) is 120 Å². The summed E-state index contributed by atoms with van der Waals surface area (Å²) in [5.74, 6) is 0. The summed E-state index contributed by atoms with van der Waals surface area (Å²) >= 11 is 0. The molecule has 10 aromatic rings. The first-order valence-electron chi connectivity index (χ1n) is 16.7. The molecule has 0 atom stereocenters. The van der Waals surface area contributed by atoms with Gasteiger partial charge in [-0.1, -0.05) is 106 Å². The van der Waals surface area contributed by atoms with Crippen molar-refractivity contribution in [3.8, 4) is 22.3 Å². The van der Waals surface area contributed by atoms with Crippen LogP contribution in [0.1, 0.15) is 26.3 Å². The van der Waals surface area contributed by atoms with Crippen molar-refractivity contribution >= 4 is 76.2 Å². The third-order valence-corrected chi connectivity index (χ3v) is 10.2. The minimum atomic E-state index is 0.0535. The van der Waals surface area contributed by atoms with Crippen LogP contribution in [0.3, 0.4) is 0 Å². The average Bonchev–Trinajstić information content (AvgIpc) is 3.68. The molecule has 0 aliphatic heterocycles. The summed E-state index contributed by atoms with van der Waals surface area (Å²) in [5, 5.41) is 12.2. The van der Waals surface area contributed by atoms with E-state index in [9.17, 15) is 0 Å². The van der Waals surface area contributed by atoms with E-state index in [-0.39, 0.29) is 5.41 Å². The van der Waals surface area contributed by atoms with Crippen LogP contribution in [0.25, 0.3) is 98.4 Å². The molecule has 2 nitrogen and oxygen atoms in total. The van der Waals surface area contributed by atoms with Gasteiger partial charge in [-0.2, -0.15) is 0 Å². The molecule has 0 spiro atoms. The van der Waals surface area contributed by atoms with Gasteiger partial charge >= 0.3 is 0 Å². The summed E-state index contributed by atoms with van der Waals surface area (Å²) in [4.78, 5) is 0. The molecule has 228 valence electrons. The lowest BCUT2D eigenvalue weighted by atomic mass is 9.83. The molecule has 10 rings (SSSR count). The quantitative estimate of drug-likeness (QED) is 0.181. The van der Waals surface area contributed by atoms with E-state index in [1.807, 2.05) is 24.3 Å². The van der Waals surface area contributed by atoms with Crippen molar-refractivity contribution in [3.63, 3.8) is 0 Å². The van der Waals surface area contributed by atoms with Crippen LogP contribution in [-0.2, 0) is 5.41 Å². The fourth-order valence-corrected chi connectivity index (χ4v) is 7.64. The van der Waals surface area contributed by atoms with Gasteiger partial charge in [-0.3, -0.25) is 0 Å². The highest BCUT2D eigenvalue weighted by Gasteiger charge is 2.18. The van der Waals surface area contributed by atoms with Crippen molar-refractivity contribution in [2.75, 3.05) is 0 Å². The van der Waals surface area contributed by atoms with Crippen molar-refractivity contribution < 1.29 is 8.83 Å². The molecule has 0 unspecified atom stereocenters. The van der Waals surface area contributed by atoms with Crippen molar-refractivity contribution in [3.05, 3.63) is 145 Å². The van der Waals surface area contributed by atoms with Gasteiger partial charge in [0.05, 0.1) is 0 Å².